The summed E-state index contributed by atoms with van der Waals surface area (Å²) in [5, 5.41) is 0. The summed E-state index contributed by atoms with van der Waals surface area (Å²) in [4.78, 5) is -0.680. The van der Waals surface area contributed by atoms with Crippen molar-refractivity contribution in [3.05, 3.63) is 29.8 Å². The molecule has 0 fully saturated rings. The summed E-state index contributed by atoms with van der Waals surface area (Å²) in [6, 6.07) is 4.46. The molecule has 0 bridgehead atoms. The van der Waals surface area contributed by atoms with E-state index in [2.05, 4.69) is 3.63 Å². The fraction of sp³-hybridized carbons (Fsp3) is 0.333. The number of alkyl halides is 6. The van der Waals surface area contributed by atoms with Gasteiger partial charge in [0.2, 0.25) is 0 Å². The Kier molecular flexibility index (Phi) is 7.25. The van der Waals surface area contributed by atoms with Crippen LogP contribution in [0.1, 0.15) is 5.56 Å². The summed E-state index contributed by atoms with van der Waals surface area (Å²) >= 11 is 0. The zero-order valence-corrected chi connectivity index (χ0v) is 14.6. The average molecular weight is 454 g/mol. The predicted octanol–water partition coefficient (Wildman–Crippen LogP) is 1.94. The number of benzene rings is 1. The molecule has 0 aliphatic rings. The molecule has 1 aromatic carbocycles. The van der Waals surface area contributed by atoms with Crippen molar-refractivity contribution in [1.29, 1.82) is 0 Å². The van der Waals surface area contributed by atoms with Crippen LogP contribution in [-0.2, 0) is 34.0 Å². The Bertz CT molecular complexity index is 927. The van der Waals surface area contributed by atoms with Crippen molar-refractivity contribution in [2.45, 2.75) is 22.8 Å². The Labute approximate surface area is 143 Å². The fourth-order valence-corrected chi connectivity index (χ4v) is 2.94. The van der Waals surface area contributed by atoms with Crippen LogP contribution in [0.3, 0.4) is 0 Å². The summed E-state index contributed by atoms with van der Waals surface area (Å²) < 4.78 is 140. The monoisotopic (exact) mass is 454 g/mol. The highest BCUT2D eigenvalue weighted by molar-refractivity contribution is 8.00. The topological polar surface area (TPSA) is 132 Å². The van der Waals surface area contributed by atoms with Gasteiger partial charge in [0.25, 0.3) is 0 Å². The van der Waals surface area contributed by atoms with Gasteiger partial charge in [0, 0.05) is 0 Å². The van der Waals surface area contributed by atoms with Crippen molar-refractivity contribution in [1.82, 2.24) is 0 Å². The first-order valence-corrected chi connectivity index (χ1v) is 9.84. The van der Waals surface area contributed by atoms with Gasteiger partial charge in [-0.25, -0.2) is 0 Å². The maximum absolute atomic E-state index is 12.0. The Morgan fingerprint density at radius 1 is 0.808 bits per heavy atom. The zero-order valence-electron chi connectivity index (χ0n) is 12.1. The quantitative estimate of drug-likeness (QED) is 0.416. The molecule has 1 rings (SSSR count). The van der Waals surface area contributed by atoms with Crippen LogP contribution in [0, 0.1) is 6.92 Å². The number of rotatable bonds is 3. The minimum Gasteiger partial charge on any atom is -0.279 e. The second-order valence-corrected chi connectivity index (χ2v) is 8.86. The molecule has 0 amide bonds. The number of halogens is 6. The summed E-state index contributed by atoms with van der Waals surface area (Å²) in [5.74, 6) is 0. The Morgan fingerprint density at radius 3 is 1.42 bits per heavy atom. The largest absolute Gasteiger partial charge is 0.524 e. The highest BCUT2D eigenvalue weighted by Crippen LogP contribution is 2.28. The number of hydrogen-bond acceptors (Lipinski definition) is 7. The molecule has 0 unspecified atom stereocenters. The molecule has 152 valence electrons. The van der Waals surface area contributed by atoms with Crippen LogP contribution >= 0.6 is 0 Å². The second kappa shape index (κ2) is 7.67. The van der Waals surface area contributed by atoms with Crippen LogP contribution in [0.5, 0.6) is 0 Å². The molecule has 0 saturated heterocycles. The van der Waals surface area contributed by atoms with E-state index in [9.17, 15) is 43.2 Å². The van der Waals surface area contributed by atoms with Gasteiger partial charge in [-0.15, -0.1) is 3.63 Å². The smallest absolute Gasteiger partial charge is 0.279 e. The third kappa shape index (κ3) is 7.06. The van der Waals surface area contributed by atoms with E-state index in [1.165, 1.54) is 12.1 Å². The van der Waals surface area contributed by atoms with Gasteiger partial charge in [0.05, 0.1) is 4.90 Å². The van der Waals surface area contributed by atoms with Crippen LogP contribution in [0.25, 0.3) is 0 Å². The molecule has 8 nitrogen and oxygen atoms in total. The molecule has 26 heavy (non-hydrogen) atoms. The molecule has 0 atom stereocenters. The van der Waals surface area contributed by atoms with Crippen molar-refractivity contribution in [2.24, 2.45) is 0 Å². The summed E-state index contributed by atoms with van der Waals surface area (Å²) in [5.41, 5.74) is -10.7. The lowest BCUT2D eigenvalue weighted by Crippen LogP contribution is -2.28. The van der Waals surface area contributed by atoms with E-state index in [0.717, 1.165) is 12.1 Å². The first-order valence-electron chi connectivity index (χ1n) is 5.58. The van der Waals surface area contributed by atoms with Gasteiger partial charge in [0.15, 0.2) is 0 Å². The van der Waals surface area contributed by atoms with Gasteiger partial charge in [-0.2, -0.15) is 51.6 Å². The van der Waals surface area contributed by atoms with E-state index in [1.54, 1.807) is 6.92 Å². The van der Waals surface area contributed by atoms with Crippen molar-refractivity contribution < 1.29 is 59.8 Å². The molecule has 0 aromatic heterocycles. The Morgan fingerprint density at radius 2 is 1.15 bits per heavy atom. The normalized spacial score (nSPS) is 13.7. The molecule has 0 aliphatic heterocycles. The Hall–Kier alpha value is -1.43. The van der Waals surface area contributed by atoms with Gasteiger partial charge >= 0.3 is 41.4 Å². The summed E-state index contributed by atoms with van der Waals surface area (Å²) in [7, 11) is -17.1. The molecular weight excluding hydrogens is 446 g/mol. The minimum atomic E-state index is -6.20. The van der Waals surface area contributed by atoms with E-state index < -0.39 is 46.3 Å². The molecule has 0 heterocycles. The molecule has 0 aliphatic carbocycles. The number of hydrogen-bond donors (Lipinski definition) is 1. The van der Waals surface area contributed by atoms with Crippen molar-refractivity contribution >= 4 is 30.4 Å². The second-order valence-electron chi connectivity index (χ2n) is 4.16. The minimum absolute atomic E-state index is 0.646. The first-order chi connectivity index (χ1) is 11.2. The van der Waals surface area contributed by atoms with Gasteiger partial charge in [-0.05, 0) is 19.1 Å². The summed E-state index contributed by atoms with van der Waals surface area (Å²) in [6.07, 6.45) is 0. The molecule has 1 aromatic rings. The van der Waals surface area contributed by atoms with E-state index >= 15 is 0 Å². The highest BCUT2D eigenvalue weighted by Gasteiger charge is 2.50. The third-order valence-electron chi connectivity index (χ3n) is 2.06. The fourth-order valence-electron chi connectivity index (χ4n) is 0.901. The maximum Gasteiger partial charge on any atom is 0.524 e. The lowest BCUT2D eigenvalue weighted by molar-refractivity contribution is -0.0511. The maximum atomic E-state index is 12.0. The van der Waals surface area contributed by atoms with Crippen molar-refractivity contribution in [2.75, 3.05) is 0 Å². The third-order valence-corrected chi connectivity index (χ3v) is 5.50. The standard InChI is InChI=1S/C8H7F3O5S2.CHF3O3S/c1-6-2-4-7(5-3-6)17(12,13)16-18(14,15)8(9,10)11;2-1(3,4)8(5,6)7/h2-5H,1H3;(H,5,6,7). The van der Waals surface area contributed by atoms with Crippen molar-refractivity contribution in [3.63, 3.8) is 0 Å². The lowest BCUT2D eigenvalue weighted by Gasteiger charge is -2.08. The van der Waals surface area contributed by atoms with Crippen LogP contribution in [0.2, 0.25) is 0 Å². The van der Waals surface area contributed by atoms with Crippen LogP contribution in [0.4, 0.5) is 26.3 Å². The first kappa shape index (κ1) is 24.6. The van der Waals surface area contributed by atoms with Gasteiger partial charge in [-0.3, -0.25) is 4.55 Å². The lowest BCUT2D eigenvalue weighted by atomic mass is 10.2. The van der Waals surface area contributed by atoms with Gasteiger partial charge < -0.3 is 0 Å². The highest BCUT2D eigenvalue weighted by atomic mass is 32.3. The molecule has 1 N–H and O–H groups in total. The van der Waals surface area contributed by atoms with E-state index in [0.29, 0.717) is 5.56 Å². The average Bonchev–Trinajstić information content (AvgIpc) is 2.34. The van der Waals surface area contributed by atoms with Crippen LogP contribution in [0.15, 0.2) is 29.2 Å². The molecule has 17 heteroatoms. The van der Waals surface area contributed by atoms with Crippen LogP contribution in [-0.4, -0.2) is 40.8 Å². The summed E-state index contributed by atoms with van der Waals surface area (Å²) in [6.45, 7) is 1.61. The van der Waals surface area contributed by atoms with E-state index in [1.807, 2.05) is 0 Å². The van der Waals surface area contributed by atoms with Crippen molar-refractivity contribution in [3.8, 4) is 0 Å². The predicted molar refractivity (Wildman–Crippen MR) is 72.0 cm³/mol. The SMILES string of the molecule is Cc1ccc(S(=O)(=O)OS(=O)(=O)C(F)(F)F)cc1.O=S(=O)(O)C(F)(F)F. The van der Waals surface area contributed by atoms with Gasteiger partial charge in [-0.1, -0.05) is 17.7 Å². The molecule has 0 radical (unpaired) electrons. The Balaban J connectivity index is 0.000000660. The zero-order chi connectivity index (χ0) is 21.2. The van der Waals surface area contributed by atoms with Gasteiger partial charge in [0.1, 0.15) is 0 Å². The van der Waals surface area contributed by atoms with E-state index in [-0.39, 0.29) is 0 Å². The van der Waals surface area contributed by atoms with E-state index in [4.69, 9.17) is 13.0 Å². The van der Waals surface area contributed by atoms with Crippen LogP contribution < -0.4 is 0 Å². The molecule has 0 spiro atoms. The molecular formula is C9H8F6O8S3. The molecule has 0 saturated carbocycles. The number of aryl methyl sites for hydroxylation is 1.